The Morgan fingerprint density at radius 1 is 1.00 bits per heavy atom. The van der Waals surface area contributed by atoms with Gasteiger partial charge in [-0.2, -0.15) is 0 Å². The Bertz CT molecular complexity index is 946. The number of hydrogen-bond acceptors (Lipinski definition) is 5. The maximum Gasteiger partial charge on any atom is 0.279 e. The third-order valence-electron chi connectivity index (χ3n) is 4.22. The molecule has 3 rings (SSSR count). The highest BCUT2D eigenvalue weighted by Crippen LogP contribution is 2.37. The molecule has 8 nitrogen and oxygen atoms in total. The smallest absolute Gasteiger partial charge is 0.279 e. The molecule has 0 radical (unpaired) electrons. The minimum Gasteiger partial charge on any atom is -0.454 e. The summed E-state index contributed by atoms with van der Waals surface area (Å²) in [5.74, 6) is -0.389. The van der Waals surface area contributed by atoms with E-state index in [1.165, 1.54) is 37.3 Å². The van der Waals surface area contributed by atoms with Gasteiger partial charge in [-0.1, -0.05) is 0 Å². The predicted octanol–water partition coefficient (Wildman–Crippen LogP) is 0.849. The van der Waals surface area contributed by atoms with Crippen molar-refractivity contribution in [1.29, 1.82) is 0 Å². The maximum atomic E-state index is 12.9. The summed E-state index contributed by atoms with van der Waals surface area (Å²) in [6, 6.07) is 8.49. The Balaban J connectivity index is 1.57. The van der Waals surface area contributed by atoms with E-state index >= 15 is 0 Å². The van der Waals surface area contributed by atoms with E-state index in [2.05, 4.69) is 10.6 Å². The molecule has 0 aromatic heterocycles. The number of benzene rings is 2. The van der Waals surface area contributed by atoms with Crippen LogP contribution in [0.2, 0.25) is 0 Å². The molecule has 0 saturated heterocycles. The number of ketones is 1. The Hall–Kier alpha value is -3.46. The largest absolute Gasteiger partial charge is 0.454 e. The zero-order chi connectivity index (χ0) is 21.0. The predicted molar refractivity (Wildman–Crippen MR) is 103 cm³/mol. The van der Waals surface area contributed by atoms with Gasteiger partial charge in [0.05, 0.1) is 12.7 Å². The second-order valence-corrected chi connectivity index (χ2v) is 6.72. The Morgan fingerprint density at radius 3 is 2.21 bits per heavy atom. The van der Waals surface area contributed by atoms with E-state index < -0.39 is 5.82 Å². The maximum absolute atomic E-state index is 12.9. The number of hydrogen-bond donors (Lipinski definition) is 3. The van der Waals surface area contributed by atoms with Crippen molar-refractivity contribution in [1.82, 2.24) is 0 Å². The first-order valence-electron chi connectivity index (χ1n) is 8.93. The van der Waals surface area contributed by atoms with Gasteiger partial charge in [0, 0.05) is 17.3 Å². The van der Waals surface area contributed by atoms with Crippen molar-refractivity contribution >= 4 is 29.0 Å². The van der Waals surface area contributed by atoms with Gasteiger partial charge in [0.15, 0.2) is 30.4 Å². The lowest BCUT2D eigenvalue weighted by atomic mass is 10.1. The van der Waals surface area contributed by atoms with E-state index in [-0.39, 0.29) is 37.5 Å². The fraction of sp³-hybridized carbons (Fsp3) is 0.250. The SMILES string of the molecule is CC(=O)c1cc2c(cc1NC(=O)C[NH+](C)CC(=O)Nc1ccc(F)cc1)OCO2. The van der Waals surface area contributed by atoms with Gasteiger partial charge in [0.1, 0.15) is 5.82 Å². The van der Waals surface area contributed by atoms with Crippen LogP contribution >= 0.6 is 0 Å². The van der Waals surface area contributed by atoms with E-state index in [0.29, 0.717) is 33.3 Å². The molecule has 29 heavy (non-hydrogen) atoms. The van der Waals surface area contributed by atoms with Crippen LogP contribution in [-0.2, 0) is 9.59 Å². The van der Waals surface area contributed by atoms with Crippen molar-refractivity contribution in [3.05, 3.63) is 47.8 Å². The van der Waals surface area contributed by atoms with E-state index in [0.717, 1.165) is 0 Å². The second kappa shape index (κ2) is 8.70. The molecular formula is C20H21FN3O5+. The third kappa shape index (κ3) is 5.29. The number of Topliss-reactive ketones (excluding diaryl/α,β-unsaturated/α-hetero) is 1. The first kappa shape index (κ1) is 20.3. The molecule has 152 valence electrons. The summed E-state index contributed by atoms with van der Waals surface area (Å²) in [6.07, 6.45) is 0. The molecule has 3 N–H and O–H groups in total. The number of nitrogens with one attached hydrogen (secondary N) is 3. The molecule has 1 heterocycles. The lowest BCUT2D eigenvalue weighted by Crippen LogP contribution is -3.11. The van der Waals surface area contributed by atoms with Crippen LogP contribution in [0.4, 0.5) is 15.8 Å². The highest BCUT2D eigenvalue weighted by molar-refractivity contribution is 6.04. The van der Waals surface area contributed by atoms with E-state index in [1.54, 1.807) is 13.1 Å². The highest BCUT2D eigenvalue weighted by Gasteiger charge is 2.21. The zero-order valence-corrected chi connectivity index (χ0v) is 16.0. The number of carbonyl (C=O) groups is 3. The van der Waals surface area contributed by atoms with Gasteiger partial charge in [-0.15, -0.1) is 0 Å². The Morgan fingerprint density at radius 2 is 1.59 bits per heavy atom. The van der Waals surface area contributed by atoms with Crippen LogP contribution in [0.25, 0.3) is 0 Å². The summed E-state index contributed by atoms with van der Waals surface area (Å²) in [6.45, 7) is 1.48. The number of quaternary nitrogens is 1. The molecule has 0 spiro atoms. The number of fused-ring (bicyclic) bond motifs is 1. The minimum atomic E-state index is -0.393. The quantitative estimate of drug-likeness (QED) is 0.597. The molecular weight excluding hydrogens is 381 g/mol. The van der Waals surface area contributed by atoms with Gasteiger partial charge in [-0.05, 0) is 37.3 Å². The molecule has 0 aliphatic carbocycles. The average molecular weight is 402 g/mol. The molecule has 0 saturated carbocycles. The van der Waals surface area contributed by atoms with Crippen molar-refractivity contribution in [2.24, 2.45) is 0 Å². The molecule has 1 aliphatic rings. The van der Waals surface area contributed by atoms with Crippen LogP contribution in [0, 0.1) is 5.82 Å². The molecule has 2 aromatic rings. The topological polar surface area (TPSA) is 98.2 Å². The van der Waals surface area contributed by atoms with Crippen LogP contribution in [0.5, 0.6) is 11.5 Å². The first-order valence-corrected chi connectivity index (χ1v) is 8.93. The molecule has 1 unspecified atom stereocenters. The zero-order valence-electron chi connectivity index (χ0n) is 16.0. The summed E-state index contributed by atoms with van der Waals surface area (Å²) in [5, 5.41) is 5.33. The molecule has 0 bridgehead atoms. The van der Waals surface area contributed by atoms with Crippen LogP contribution in [0.3, 0.4) is 0 Å². The van der Waals surface area contributed by atoms with Gasteiger partial charge >= 0.3 is 0 Å². The molecule has 1 aliphatic heterocycles. The van der Waals surface area contributed by atoms with Gasteiger partial charge in [0.25, 0.3) is 11.8 Å². The van der Waals surface area contributed by atoms with Crippen LogP contribution < -0.4 is 25.0 Å². The van der Waals surface area contributed by atoms with Crippen LogP contribution in [0.15, 0.2) is 36.4 Å². The molecule has 2 aromatic carbocycles. The van der Waals surface area contributed by atoms with Crippen molar-refractivity contribution in [3.63, 3.8) is 0 Å². The summed E-state index contributed by atoms with van der Waals surface area (Å²) < 4.78 is 23.5. The fourth-order valence-corrected chi connectivity index (χ4v) is 2.88. The summed E-state index contributed by atoms with van der Waals surface area (Å²) in [5.41, 5.74) is 1.12. The number of likely N-dealkylation sites (N-methyl/N-ethyl adjacent to an activating group) is 1. The number of amides is 2. The summed E-state index contributed by atoms with van der Waals surface area (Å²) >= 11 is 0. The highest BCUT2D eigenvalue weighted by atomic mass is 19.1. The average Bonchev–Trinajstić information content (AvgIpc) is 3.09. The van der Waals surface area contributed by atoms with E-state index in [9.17, 15) is 18.8 Å². The molecule has 2 amide bonds. The van der Waals surface area contributed by atoms with Crippen molar-refractivity contribution in [3.8, 4) is 11.5 Å². The molecule has 9 heteroatoms. The Kier molecular flexibility index (Phi) is 6.08. The lowest BCUT2D eigenvalue weighted by Gasteiger charge is -2.15. The lowest BCUT2D eigenvalue weighted by molar-refractivity contribution is -0.862. The Labute approximate surface area is 166 Å². The van der Waals surface area contributed by atoms with Gasteiger partial charge < -0.3 is 25.0 Å². The number of ether oxygens (including phenoxy) is 2. The standard InChI is InChI=1S/C20H20FN3O5/c1-12(25)15-7-17-18(29-11-28-17)8-16(15)23-20(27)10-24(2)9-19(26)22-14-5-3-13(21)4-6-14/h3-8H,9-11H2,1-2H3,(H,22,26)(H,23,27)/p+1. The monoisotopic (exact) mass is 402 g/mol. The van der Waals surface area contributed by atoms with Crippen molar-refractivity contribution < 1.29 is 33.1 Å². The fourth-order valence-electron chi connectivity index (χ4n) is 2.88. The number of halogens is 1. The van der Waals surface area contributed by atoms with Gasteiger partial charge in [-0.25, -0.2) is 4.39 Å². The van der Waals surface area contributed by atoms with E-state index in [1.807, 2.05) is 0 Å². The van der Waals surface area contributed by atoms with Crippen molar-refractivity contribution in [2.75, 3.05) is 37.6 Å². The summed E-state index contributed by atoms with van der Waals surface area (Å²) in [4.78, 5) is 37.0. The first-order chi connectivity index (χ1) is 13.8. The van der Waals surface area contributed by atoms with Gasteiger partial charge in [-0.3, -0.25) is 14.4 Å². The number of anilines is 2. The molecule has 1 atom stereocenters. The third-order valence-corrected chi connectivity index (χ3v) is 4.22. The molecule has 0 fully saturated rings. The number of rotatable bonds is 7. The van der Waals surface area contributed by atoms with Crippen molar-refractivity contribution in [2.45, 2.75) is 6.92 Å². The summed E-state index contributed by atoms with van der Waals surface area (Å²) in [7, 11) is 1.69. The number of carbonyl (C=O) groups excluding carboxylic acids is 3. The van der Waals surface area contributed by atoms with E-state index in [4.69, 9.17) is 9.47 Å². The van der Waals surface area contributed by atoms with Gasteiger partial charge in [0.2, 0.25) is 6.79 Å². The minimum absolute atomic E-state index is 0.00260. The van der Waals surface area contributed by atoms with Crippen LogP contribution in [-0.4, -0.2) is 44.5 Å². The second-order valence-electron chi connectivity index (χ2n) is 6.72. The van der Waals surface area contributed by atoms with Crippen LogP contribution in [0.1, 0.15) is 17.3 Å². The normalized spacial score (nSPS) is 12.9.